The molecule has 0 saturated carbocycles. The third-order valence-corrected chi connectivity index (χ3v) is 4.07. The fourth-order valence-electron chi connectivity index (χ4n) is 2.18. The Morgan fingerprint density at radius 1 is 1.25 bits per heavy atom. The van der Waals surface area contributed by atoms with Gasteiger partial charge in [-0.05, 0) is 23.6 Å². The first-order valence-corrected chi connectivity index (χ1v) is 8.70. The van der Waals surface area contributed by atoms with Crippen LogP contribution in [0.4, 0.5) is 5.82 Å². The number of para-hydroxylation sites is 1. The van der Waals surface area contributed by atoms with E-state index in [2.05, 4.69) is 15.0 Å². The highest BCUT2D eigenvalue weighted by atomic mass is 31.1. The molecule has 1 unspecified atom stereocenters. The molecule has 9 heteroatoms. The average Bonchev–Trinajstić information content (AvgIpc) is 2.98. The van der Waals surface area contributed by atoms with Gasteiger partial charge in [0.15, 0.2) is 17.2 Å². The van der Waals surface area contributed by atoms with E-state index in [0.29, 0.717) is 29.3 Å². The molecule has 2 N–H and O–H groups in total. The van der Waals surface area contributed by atoms with Crippen LogP contribution in [0.2, 0.25) is 0 Å². The number of hydrogen-bond donors (Lipinski definition) is 1. The van der Waals surface area contributed by atoms with Crippen molar-refractivity contribution in [1.82, 2.24) is 19.5 Å². The zero-order valence-corrected chi connectivity index (χ0v) is 14.0. The lowest BCUT2D eigenvalue weighted by Crippen LogP contribution is -2.16. The summed E-state index contributed by atoms with van der Waals surface area (Å²) in [6.45, 7) is 2.38. The van der Waals surface area contributed by atoms with Crippen LogP contribution >= 0.6 is 8.03 Å². The van der Waals surface area contributed by atoms with Gasteiger partial charge in [-0.15, -0.1) is 0 Å². The number of hydrogen-bond acceptors (Lipinski definition) is 7. The van der Waals surface area contributed by atoms with Crippen LogP contribution in [0.25, 0.3) is 11.2 Å². The first kappa shape index (κ1) is 16.3. The number of ether oxygens (including phenoxy) is 1. The zero-order chi connectivity index (χ0) is 16.9. The molecule has 1 aromatic carbocycles. The molecular formula is C15H17N5O3P+. The summed E-state index contributed by atoms with van der Waals surface area (Å²) in [6, 6.07) is 9.00. The molecule has 0 aliphatic carbocycles. The van der Waals surface area contributed by atoms with Gasteiger partial charge in [0.1, 0.15) is 11.8 Å². The molecule has 0 radical (unpaired) electrons. The molecular weight excluding hydrogens is 329 g/mol. The number of rotatable bonds is 7. The maximum absolute atomic E-state index is 11.9. The minimum absolute atomic E-state index is 0.00907. The van der Waals surface area contributed by atoms with E-state index in [4.69, 9.17) is 15.0 Å². The molecule has 3 aromatic rings. The van der Waals surface area contributed by atoms with Crippen molar-refractivity contribution in [2.75, 3.05) is 12.1 Å². The molecule has 2 heterocycles. The molecule has 24 heavy (non-hydrogen) atoms. The third kappa shape index (κ3) is 3.84. The van der Waals surface area contributed by atoms with E-state index in [1.807, 2.05) is 29.7 Å². The van der Waals surface area contributed by atoms with Gasteiger partial charge in [-0.25, -0.2) is 15.0 Å². The molecule has 0 amide bonds. The summed E-state index contributed by atoms with van der Waals surface area (Å²) < 4.78 is 24.7. The van der Waals surface area contributed by atoms with Gasteiger partial charge in [-0.1, -0.05) is 18.2 Å². The SMILES string of the molecule is C[C@@H](Cn1cnc2c(N)ncnc21)OC[P+](=O)Oc1ccccc1. The molecule has 3 rings (SSSR count). The fraction of sp³-hybridized carbons (Fsp3) is 0.267. The lowest BCUT2D eigenvalue weighted by atomic mass is 10.3. The van der Waals surface area contributed by atoms with Crippen molar-refractivity contribution in [3.8, 4) is 5.75 Å². The second-order valence-electron chi connectivity index (χ2n) is 5.17. The highest BCUT2D eigenvalue weighted by Gasteiger charge is 2.21. The van der Waals surface area contributed by atoms with E-state index in [1.165, 1.54) is 6.33 Å². The standard InChI is InChI=1S/C15H17N5O3P/c1-11(22-10-24(21)23-12-5-3-2-4-6-12)7-20-9-19-13-14(16)17-8-18-15(13)20/h2-6,8-9,11H,7,10H2,1H3,(H2,16,17,18)/q+1/t11-/m0/s1. The third-order valence-electron chi connectivity index (χ3n) is 3.30. The lowest BCUT2D eigenvalue weighted by molar-refractivity contribution is 0.0852. The Morgan fingerprint density at radius 3 is 2.83 bits per heavy atom. The van der Waals surface area contributed by atoms with Gasteiger partial charge in [0, 0.05) is 0 Å². The van der Waals surface area contributed by atoms with Crippen molar-refractivity contribution in [3.63, 3.8) is 0 Å². The Labute approximate surface area is 139 Å². The first-order valence-electron chi connectivity index (χ1n) is 7.34. The largest absolute Gasteiger partial charge is 0.585 e. The Kier molecular flexibility index (Phi) is 4.98. The van der Waals surface area contributed by atoms with Gasteiger partial charge in [-0.2, -0.15) is 0 Å². The lowest BCUT2D eigenvalue weighted by Gasteiger charge is -2.10. The Bertz CT molecular complexity index is 840. The predicted molar refractivity (Wildman–Crippen MR) is 89.8 cm³/mol. The number of nitrogens with two attached hydrogens (primary N) is 1. The van der Waals surface area contributed by atoms with Crippen LogP contribution in [-0.2, 0) is 15.8 Å². The Balaban J connectivity index is 1.54. The van der Waals surface area contributed by atoms with E-state index in [9.17, 15) is 4.57 Å². The topological polar surface area (TPSA) is 105 Å². The van der Waals surface area contributed by atoms with E-state index in [1.54, 1.807) is 18.5 Å². The predicted octanol–water partition coefficient (Wildman–Crippen LogP) is 2.59. The average molecular weight is 346 g/mol. The van der Waals surface area contributed by atoms with Crippen molar-refractivity contribution < 1.29 is 13.8 Å². The van der Waals surface area contributed by atoms with Gasteiger partial charge in [0.05, 0.1) is 19.0 Å². The molecule has 124 valence electrons. The first-order chi connectivity index (χ1) is 11.6. The number of benzene rings is 1. The quantitative estimate of drug-likeness (QED) is 0.655. The minimum Gasteiger partial charge on any atom is -0.382 e. The molecule has 2 aromatic heterocycles. The van der Waals surface area contributed by atoms with E-state index in [0.717, 1.165) is 0 Å². The number of fused-ring (bicyclic) bond motifs is 1. The van der Waals surface area contributed by atoms with Crippen LogP contribution in [0, 0.1) is 0 Å². The molecule has 0 aliphatic rings. The number of nitrogen functional groups attached to an aromatic ring is 1. The van der Waals surface area contributed by atoms with E-state index in [-0.39, 0.29) is 12.5 Å². The van der Waals surface area contributed by atoms with Crippen LogP contribution in [-0.4, -0.2) is 32.0 Å². The minimum atomic E-state index is -1.93. The van der Waals surface area contributed by atoms with Crippen LogP contribution in [0.3, 0.4) is 0 Å². The monoisotopic (exact) mass is 346 g/mol. The van der Waals surface area contributed by atoms with Crippen molar-refractivity contribution in [3.05, 3.63) is 43.0 Å². The van der Waals surface area contributed by atoms with Crippen LogP contribution in [0.1, 0.15) is 6.92 Å². The number of imidazole rings is 1. The fourth-order valence-corrected chi connectivity index (χ4v) is 2.96. The van der Waals surface area contributed by atoms with E-state index < -0.39 is 8.03 Å². The zero-order valence-electron chi connectivity index (χ0n) is 13.1. The Morgan fingerprint density at radius 2 is 2.04 bits per heavy atom. The summed E-state index contributed by atoms with van der Waals surface area (Å²) in [4.78, 5) is 12.3. The molecule has 0 spiro atoms. The summed E-state index contributed by atoms with van der Waals surface area (Å²) in [7, 11) is -1.93. The summed E-state index contributed by atoms with van der Waals surface area (Å²) in [5.74, 6) is 0.898. The van der Waals surface area contributed by atoms with Crippen molar-refractivity contribution >= 4 is 25.0 Å². The summed E-state index contributed by atoms with van der Waals surface area (Å²) in [6.07, 6.45) is 2.84. The van der Waals surface area contributed by atoms with Crippen molar-refractivity contribution in [1.29, 1.82) is 0 Å². The molecule has 0 bridgehead atoms. The van der Waals surface area contributed by atoms with Crippen LogP contribution in [0.5, 0.6) is 5.75 Å². The summed E-state index contributed by atoms with van der Waals surface area (Å²) in [5, 5.41) is 0. The summed E-state index contributed by atoms with van der Waals surface area (Å²) in [5.41, 5.74) is 6.96. The number of nitrogens with zero attached hydrogens (tertiary/aromatic N) is 4. The van der Waals surface area contributed by atoms with Gasteiger partial charge >= 0.3 is 8.03 Å². The highest BCUT2D eigenvalue weighted by Crippen LogP contribution is 2.27. The molecule has 2 atom stereocenters. The van der Waals surface area contributed by atoms with Crippen molar-refractivity contribution in [2.45, 2.75) is 19.6 Å². The maximum atomic E-state index is 11.9. The van der Waals surface area contributed by atoms with Gasteiger partial charge in [0.25, 0.3) is 6.35 Å². The number of aromatic nitrogens is 4. The highest BCUT2D eigenvalue weighted by molar-refractivity contribution is 7.39. The molecule has 8 nitrogen and oxygen atoms in total. The second kappa shape index (κ2) is 7.33. The molecule has 0 saturated heterocycles. The second-order valence-corrected chi connectivity index (χ2v) is 6.28. The van der Waals surface area contributed by atoms with Crippen LogP contribution < -0.4 is 10.3 Å². The van der Waals surface area contributed by atoms with Gasteiger partial charge < -0.3 is 15.0 Å². The van der Waals surface area contributed by atoms with Crippen molar-refractivity contribution in [2.24, 2.45) is 0 Å². The van der Waals surface area contributed by atoms with Crippen LogP contribution in [0.15, 0.2) is 43.0 Å². The smallest absolute Gasteiger partial charge is 0.382 e. The van der Waals surface area contributed by atoms with Gasteiger partial charge in [0.2, 0.25) is 0 Å². The van der Waals surface area contributed by atoms with E-state index >= 15 is 0 Å². The Hall–Kier alpha value is -2.57. The van der Waals surface area contributed by atoms with Gasteiger partial charge in [-0.3, -0.25) is 4.52 Å². The normalized spacial score (nSPS) is 13.0. The number of anilines is 1. The molecule has 0 fully saturated rings. The maximum Gasteiger partial charge on any atom is 0.585 e. The molecule has 0 aliphatic heterocycles. The summed E-state index contributed by atoms with van der Waals surface area (Å²) >= 11 is 0.